The molecule has 0 atom stereocenters. The van der Waals surface area contributed by atoms with Crippen LogP contribution in [0.1, 0.15) is 15.2 Å². The molecule has 0 bridgehead atoms. The molecule has 0 aliphatic carbocycles. The third-order valence-electron chi connectivity index (χ3n) is 4.60. The average molecular weight is 404 g/mol. The lowest BCUT2D eigenvalue weighted by atomic mass is 10.1. The van der Waals surface area contributed by atoms with Crippen LogP contribution < -0.4 is 5.32 Å². The predicted molar refractivity (Wildman–Crippen MR) is 115 cm³/mol. The normalized spacial score (nSPS) is 10.8. The van der Waals surface area contributed by atoms with E-state index in [0.717, 1.165) is 22.5 Å². The minimum absolute atomic E-state index is 0.00973. The molecule has 0 saturated heterocycles. The highest BCUT2D eigenvalue weighted by Gasteiger charge is 2.16. The molecule has 4 rings (SSSR count). The molecule has 4 aromatic rings. The van der Waals surface area contributed by atoms with Crippen LogP contribution in [0.2, 0.25) is 0 Å². The lowest BCUT2D eigenvalue weighted by molar-refractivity contribution is -0.116. The first-order valence-corrected chi connectivity index (χ1v) is 10.0. The summed E-state index contributed by atoms with van der Waals surface area (Å²) in [7, 11) is 1.62. The number of anilines is 1. The number of fused-ring (bicyclic) bond motifs is 1. The first-order valence-electron chi connectivity index (χ1n) is 9.15. The Morgan fingerprint density at radius 3 is 2.62 bits per heavy atom. The molecule has 1 N–H and O–H groups in total. The van der Waals surface area contributed by atoms with E-state index in [0.29, 0.717) is 10.6 Å². The zero-order chi connectivity index (χ0) is 20.4. The minimum atomic E-state index is -0.242. The van der Waals surface area contributed by atoms with E-state index >= 15 is 0 Å². The van der Waals surface area contributed by atoms with Gasteiger partial charge in [0.1, 0.15) is 5.65 Å². The molecule has 2 amide bonds. The van der Waals surface area contributed by atoms with Crippen LogP contribution in [0.3, 0.4) is 0 Å². The van der Waals surface area contributed by atoms with Crippen molar-refractivity contribution < 1.29 is 9.59 Å². The van der Waals surface area contributed by atoms with Crippen molar-refractivity contribution in [3.63, 3.8) is 0 Å². The number of carbonyl (C=O) groups excluding carboxylic acids is 2. The number of aromatic nitrogens is 2. The number of hydrogen-bond donors (Lipinski definition) is 1. The molecule has 6 nitrogen and oxygen atoms in total. The fourth-order valence-electron chi connectivity index (χ4n) is 3.09. The Balaban J connectivity index is 1.41. The minimum Gasteiger partial charge on any atom is -0.332 e. The van der Waals surface area contributed by atoms with Gasteiger partial charge in [-0.15, -0.1) is 11.3 Å². The number of nitrogens with one attached hydrogen (secondary N) is 1. The van der Waals surface area contributed by atoms with Crippen molar-refractivity contribution in [3.8, 4) is 11.3 Å². The summed E-state index contributed by atoms with van der Waals surface area (Å²) in [5.74, 6) is -0.402. The number of rotatable bonds is 5. The van der Waals surface area contributed by atoms with Gasteiger partial charge < -0.3 is 14.6 Å². The molecule has 0 aliphatic heterocycles. The maximum absolute atomic E-state index is 12.3. The second-order valence-electron chi connectivity index (χ2n) is 6.81. The molecular weight excluding hydrogens is 384 g/mol. The number of benzene rings is 1. The van der Waals surface area contributed by atoms with Gasteiger partial charge in [-0.1, -0.05) is 24.3 Å². The van der Waals surface area contributed by atoms with E-state index in [2.05, 4.69) is 10.3 Å². The average Bonchev–Trinajstić information content (AvgIpc) is 3.38. The van der Waals surface area contributed by atoms with Gasteiger partial charge in [0.25, 0.3) is 5.91 Å². The number of nitrogens with zero attached hydrogens (tertiary/aromatic N) is 3. The lowest BCUT2D eigenvalue weighted by Gasteiger charge is -2.16. The number of amides is 2. The molecule has 0 saturated carbocycles. The van der Waals surface area contributed by atoms with E-state index in [1.54, 1.807) is 13.1 Å². The van der Waals surface area contributed by atoms with Gasteiger partial charge in [-0.25, -0.2) is 4.98 Å². The van der Waals surface area contributed by atoms with Crippen LogP contribution in [0.4, 0.5) is 5.69 Å². The number of hydrogen-bond acceptors (Lipinski definition) is 4. The summed E-state index contributed by atoms with van der Waals surface area (Å²) in [6, 6.07) is 15.1. The molecule has 146 valence electrons. The van der Waals surface area contributed by atoms with Gasteiger partial charge in [-0.2, -0.15) is 0 Å². The topological polar surface area (TPSA) is 66.7 Å². The molecule has 7 heteroatoms. The van der Waals surface area contributed by atoms with Gasteiger partial charge in [0, 0.05) is 30.7 Å². The zero-order valence-electron chi connectivity index (χ0n) is 16.1. The Labute approximate surface area is 172 Å². The summed E-state index contributed by atoms with van der Waals surface area (Å²) in [6.45, 7) is 2.02. The molecule has 1 aromatic carbocycles. The Hall–Kier alpha value is -3.45. The van der Waals surface area contributed by atoms with Crippen LogP contribution in [0, 0.1) is 6.92 Å². The van der Waals surface area contributed by atoms with Crippen molar-refractivity contribution in [2.45, 2.75) is 6.92 Å². The van der Waals surface area contributed by atoms with Crippen molar-refractivity contribution >= 4 is 34.5 Å². The van der Waals surface area contributed by atoms with Crippen molar-refractivity contribution in [3.05, 3.63) is 76.7 Å². The van der Waals surface area contributed by atoms with Gasteiger partial charge in [-0.3, -0.25) is 9.59 Å². The largest absolute Gasteiger partial charge is 0.332 e. The monoisotopic (exact) mass is 404 g/mol. The van der Waals surface area contributed by atoms with Gasteiger partial charge >= 0.3 is 0 Å². The molecule has 0 unspecified atom stereocenters. The van der Waals surface area contributed by atoms with E-state index < -0.39 is 0 Å². The van der Waals surface area contributed by atoms with Crippen LogP contribution >= 0.6 is 11.3 Å². The van der Waals surface area contributed by atoms with Crippen molar-refractivity contribution in [2.24, 2.45) is 0 Å². The Morgan fingerprint density at radius 1 is 1.14 bits per heavy atom. The van der Waals surface area contributed by atoms with E-state index in [1.165, 1.54) is 16.2 Å². The summed E-state index contributed by atoms with van der Waals surface area (Å²) in [4.78, 5) is 31.2. The van der Waals surface area contributed by atoms with Crippen molar-refractivity contribution in [2.75, 3.05) is 18.9 Å². The summed E-state index contributed by atoms with van der Waals surface area (Å²) >= 11 is 1.36. The Bertz CT molecular complexity index is 1160. The third-order valence-corrected chi connectivity index (χ3v) is 5.46. The van der Waals surface area contributed by atoms with Crippen molar-refractivity contribution in [1.82, 2.24) is 14.3 Å². The number of likely N-dealkylation sites (N-methyl/N-ethyl adjacent to an activating group) is 1. The van der Waals surface area contributed by atoms with Gasteiger partial charge in [0.05, 0.1) is 17.1 Å². The molecule has 0 spiro atoms. The number of imidazole rings is 1. The van der Waals surface area contributed by atoms with Crippen LogP contribution in [0.15, 0.2) is 66.3 Å². The standard InChI is InChI=1S/C22H20N4O2S/c1-15-5-3-11-26-13-18(24-21(15)26)16-7-9-17(10-8-16)23-20(27)14-25(2)22(28)19-6-4-12-29-19/h3-13H,14H2,1-2H3,(H,23,27). The SMILES string of the molecule is Cc1cccn2cc(-c3ccc(NC(=O)CN(C)C(=O)c4cccs4)cc3)nc12. The summed E-state index contributed by atoms with van der Waals surface area (Å²) < 4.78 is 2.00. The summed E-state index contributed by atoms with van der Waals surface area (Å²) in [6.07, 6.45) is 3.96. The molecule has 0 radical (unpaired) electrons. The Morgan fingerprint density at radius 2 is 1.93 bits per heavy atom. The number of thiophene rings is 1. The third kappa shape index (κ3) is 4.05. The maximum Gasteiger partial charge on any atom is 0.264 e. The van der Waals surface area contributed by atoms with Crippen LogP contribution in [-0.4, -0.2) is 39.7 Å². The zero-order valence-corrected chi connectivity index (χ0v) is 16.9. The fraction of sp³-hybridized carbons (Fsp3) is 0.136. The second-order valence-corrected chi connectivity index (χ2v) is 7.76. The second kappa shape index (κ2) is 7.89. The number of aryl methyl sites for hydroxylation is 1. The van der Waals surface area contributed by atoms with Crippen LogP contribution in [-0.2, 0) is 4.79 Å². The highest BCUT2D eigenvalue weighted by molar-refractivity contribution is 7.12. The smallest absolute Gasteiger partial charge is 0.264 e. The maximum atomic E-state index is 12.3. The van der Waals surface area contributed by atoms with E-state index in [9.17, 15) is 9.59 Å². The van der Waals surface area contributed by atoms with Gasteiger partial charge in [-0.05, 0) is 42.1 Å². The van der Waals surface area contributed by atoms with Crippen molar-refractivity contribution in [1.29, 1.82) is 0 Å². The van der Waals surface area contributed by atoms with E-state index in [-0.39, 0.29) is 18.4 Å². The fourth-order valence-corrected chi connectivity index (χ4v) is 3.81. The number of pyridine rings is 1. The first-order chi connectivity index (χ1) is 14.0. The highest BCUT2D eigenvalue weighted by Crippen LogP contribution is 2.22. The van der Waals surface area contributed by atoms with Gasteiger partial charge in [0.2, 0.25) is 5.91 Å². The molecular formula is C22H20N4O2S. The lowest BCUT2D eigenvalue weighted by Crippen LogP contribution is -2.34. The highest BCUT2D eigenvalue weighted by atomic mass is 32.1. The van der Waals surface area contributed by atoms with E-state index in [4.69, 9.17) is 0 Å². The van der Waals surface area contributed by atoms with Gasteiger partial charge in [0.15, 0.2) is 0 Å². The Kier molecular flexibility index (Phi) is 5.14. The van der Waals surface area contributed by atoms with Crippen LogP contribution in [0.5, 0.6) is 0 Å². The molecule has 0 aliphatic rings. The molecule has 3 heterocycles. The molecule has 3 aromatic heterocycles. The predicted octanol–water partition coefficient (Wildman–Crippen LogP) is 4.08. The quantitative estimate of drug-likeness (QED) is 0.545. The summed E-state index contributed by atoms with van der Waals surface area (Å²) in [5, 5.41) is 4.67. The van der Waals surface area contributed by atoms with E-state index in [1.807, 2.05) is 71.6 Å². The molecule has 29 heavy (non-hydrogen) atoms. The number of carbonyl (C=O) groups is 2. The summed E-state index contributed by atoms with van der Waals surface area (Å²) in [5.41, 5.74) is 4.56. The molecule has 0 fully saturated rings. The first kappa shape index (κ1) is 18.9. The van der Waals surface area contributed by atoms with Crippen LogP contribution in [0.25, 0.3) is 16.9 Å².